The maximum atomic E-state index is 13.4. The highest BCUT2D eigenvalue weighted by atomic mass is 16.5. The van der Waals surface area contributed by atoms with E-state index in [0.717, 1.165) is 67.9 Å². The van der Waals surface area contributed by atoms with Crippen LogP contribution in [0, 0.1) is 12.3 Å². The van der Waals surface area contributed by atoms with Crippen LogP contribution >= 0.6 is 0 Å². The lowest BCUT2D eigenvalue weighted by atomic mass is 9.41. The Labute approximate surface area is 218 Å². The van der Waals surface area contributed by atoms with E-state index in [4.69, 9.17) is 19.0 Å². The predicted molar refractivity (Wildman–Crippen MR) is 138 cm³/mol. The number of carbonyl (C=O) groups is 1. The molecule has 2 aliphatic heterocycles. The first-order valence-corrected chi connectivity index (χ1v) is 13.0. The smallest absolute Gasteiger partial charge is 0.259 e. The number of hydrogen-bond donors (Lipinski definition) is 1. The Hall–Kier alpha value is -3.76. The van der Waals surface area contributed by atoms with Crippen LogP contribution in [-0.2, 0) is 14.9 Å². The van der Waals surface area contributed by atoms with Gasteiger partial charge in [0.05, 0.1) is 46.9 Å². The van der Waals surface area contributed by atoms with Gasteiger partial charge in [0.15, 0.2) is 0 Å². The highest BCUT2D eigenvalue weighted by Gasteiger charge is 2.72. The number of methoxy groups -OCH3 is 1. The number of pyridine rings is 1. The molecule has 5 fully saturated rings. The standard InChI is InChI=1S/C28H28N6O4/c1-17-3-4-18(23-31-25(38-32-23)27-10-28(11-27,12-27)36-2)7-21(17)30-24(35)20-9-29-34-6-5-19(8-22(20)34)33-13-26(14-33)15-37-16-26/h3-9H,10-16H2,1-2H3,(H,30,35). The van der Waals surface area contributed by atoms with E-state index in [1.165, 1.54) is 0 Å². The Kier molecular flexibility index (Phi) is 4.34. The van der Waals surface area contributed by atoms with Gasteiger partial charge in [-0.2, -0.15) is 10.1 Å². The number of aromatic nitrogens is 4. The minimum absolute atomic E-state index is 0.0117. The molecule has 4 aromatic rings. The third-order valence-electron chi connectivity index (χ3n) is 9.02. The molecule has 5 aliphatic rings. The predicted octanol–water partition coefficient (Wildman–Crippen LogP) is 3.60. The summed E-state index contributed by atoms with van der Waals surface area (Å²) >= 11 is 0. The van der Waals surface area contributed by atoms with Gasteiger partial charge in [0.25, 0.3) is 5.91 Å². The van der Waals surface area contributed by atoms with E-state index in [2.05, 4.69) is 20.5 Å². The number of nitrogens with one attached hydrogen (secondary N) is 1. The summed E-state index contributed by atoms with van der Waals surface area (Å²) in [4.78, 5) is 20.4. The minimum Gasteiger partial charge on any atom is -0.380 e. The second kappa shape index (κ2) is 7.42. The molecule has 1 N–H and O–H groups in total. The van der Waals surface area contributed by atoms with E-state index in [1.54, 1.807) is 17.8 Å². The average Bonchev–Trinajstić information content (AvgIpc) is 3.45. The number of anilines is 2. The molecule has 0 atom stereocenters. The summed E-state index contributed by atoms with van der Waals surface area (Å²) < 4.78 is 18.4. The molecule has 3 aliphatic carbocycles. The molecule has 1 aromatic carbocycles. The first-order valence-electron chi connectivity index (χ1n) is 13.0. The van der Waals surface area contributed by atoms with Crippen LogP contribution in [-0.4, -0.2) is 64.7 Å². The molecule has 3 aromatic heterocycles. The molecule has 0 radical (unpaired) electrons. The summed E-state index contributed by atoms with van der Waals surface area (Å²) in [5, 5.41) is 11.7. The molecule has 10 nitrogen and oxygen atoms in total. The number of nitrogens with zero attached hydrogens (tertiary/aromatic N) is 5. The minimum atomic E-state index is -0.211. The van der Waals surface area contributed by atoms with Crippen molar-refractivity contribution in [3.8, 4) is 11.4 Å². The Morgan fingerprint density at radius 3 is 2.68 bits per heavy atom. The zero-order valence-electron chi connectivity index (χ0n) is 21.4. The van der Waals surface area contributed by atoms with Crippen LogP contribution in [0.2, 0.25) is 0 Å². The van der Waals surface area contributed by atoms with E-state index >= 15 is 0 Å². The number of benzene rings is 1. The zero-order chi connectivity index (χ0) is 25.7. The fraction of sp³-hybridized carbons (Fsp3) is 0.429. The van der Waals surface area contributed by atoms with Crippen LogP contribution in [0.3, 0.4) is 0 Å². The van der Waals surface area contributed by atoms with E-state index < -0.39 is 0 Å². The monoisotopic (exact) mass is 512 g/mol. The maximum absolute atomic E-state index is 13.4. The van der Waals surface area contributed by atoms with Crippen molar-refractivity contribution in [2.45, 2.75) is 37.2 Å². The molecule has 10 heteroatoms. The summed E-state index contributed by atoms with van der Waals surface area (Å²) in [6.07, 6.45) is 6.32. The van der Waals surface area contributed by atoms with Gasteiger partial charge in [-0.15, -0.1) is 0 Å². The van der Waals surface area contributed by atoms with Gasteiger partial charge in [-0.3, -0.25) is 4.79 Å². The van der Waals surface area contributed by atoms with Gasteiger partial charge in [-0.05, 0) is 49.9 Å². The summed E-state index contributed by atoms with van der Waals surface area (Å²) in [6.45, 7) is 5.61. The number of hydrogen-bond acceptors (Lipinski definition) is 8. The van der Waals surface area contributed by atoms with Crippen molar-refractivity contribution in [2.75, 3.05) is 43.6 Å². The lowest BCUT2D eigenvalue weighted by Crippen LogP contribution is -2.70. The SMILES string of the molecule is COC12CC(c3nc(-c4ccc(C)c(NC(=O)c5cnn6ccc(N7CC8(COC8)C7)cc56)c4)no3)(C1)C2. The largest absolute Gasteiger partial charge is 0.380 e. The normalized spacial score (nSPS) is 26.4. The lowest BCUT2D eigenvalue weighted by Gasteiger charge is -2.67. The summed E-state index contributed by atoms with van der Waals surface area (Å²) in [5.74, 6) is 0.992. The van der Waals surface area contributed by atoms with Crippen molar-refractivity contribution in [3.63, 3.8) is 0 Å². The number of fused-ring (bicyclic) bond motifs is 1. The first-order chi connectivity index (χ1) is 18.4. The molecule has 3 saturated carbocycles. The lowest BCUT2D eigenvalue weighted by molar-refractivity contribution is -0.240. The Morgan fingerprint density at radius 2 is 1.95 bits per heavy atom. The van der Waals surface area contributed by atoms with Crippen LogP contribution in [0.15, 0.2) is 47.2 Å². The molecular formula is C28H28N6O4. The summed E-state index contributed by atoms with van der Waals surface area (Å²) in [7, 11) is 1.77. The fourth-order valence-corrected chi connectivity index (χ4v) is 6.64. The van der Waals surface area contributed by atoms with Gasteiger partial charge in [-0.25, -0.2) is 4.52 Å². The third kappa shape index (κ3) is 3.07. The van der Waals surface area contributed by atoms with Crippen molar-refractivity contribution in [1.82, 2.24) is 19.8 Å². The highest BCUT2D eigenvalue weighted by molar-refractivity contribution is 6.09. The van der Waals surface area contributed by atoms with Gasteiger partial charge < -0.3 is 24.2 Å². The molecule has 38 heavy (non-hydrogen) atoms. The van der Waals surface area contributed by atoms with E-state index in [9.17, 15) is 4.79 Å². The van der Waals surface area contributed by atoms with Gasteiger partial charge in [0.2, 0.25) is 11.7 Å². The fourth-order valence-electron chi connectivity index (χ4n) is 6.64. The molecule has 2 saturated heterocycles. The Morgan fingerprint density at radius 1 is 1.13 bits per heavy atom. The molecule has 2 bridgehead atoms. The average molecular weight is 513 g/mol. The van der Waals surface area contributed by atoms with Gasteiger partial charge in [0.1, 0.15) is 0 Å². The van der Waals surface area contributed by atoms with Crippen LogP contribution < -0.4 is 10.2 Å². The third-order valence-corrected chi connectivity index (χ3v) is 9.02. The van der Waals surface area contributed by atoms with Crippen LogP contribution in [0.5, 0.6) is 0 Å². The number of carbonyl (C=O) groups excluding carboxylic acids is 1. The highest BCUT2D eigenvalue weighted by Crippen LogP contribution is 2.69. The zero-order valence-corrected chi connectivity index (χ0v) is 21.4. The number of aryl methyl sites for hydroxylation is 1. The first kappa shape index (κ1) is 22.2. The van der Waals surface area contributed by atoms with Crippen LogP contribution in [0.25, 0.3) is 16.9 Å². The van der Waals surface area contributed by atoms with Gasteiger partial charge >= 0.3 is 0 Å². The van der Waals surface area contributed by atoms with Crippen LogP contribution in [0.4, 0.5) is 11.4 Å². The van der Waals surface area contributed by atoms with Gasteiger partial charge in [-0.1, -0.05) is 17.3 Å². The van der Waals surface area contributed by atoms with Crippen molar-refractivity contribution < 1.29 is 18.8 Å². The van der Waals surface area contributed by atoms with Crippen molar-refractivity contribution >= 4 is 22.8 Å². The summed E-state index contributed by atoms with van der Waals surface area (Å²) in [6, 6.07) is 9.89. The van der Waals surface area contributed by atoms with Crippen molar-refractivity contribution in [2.24, 2.45) is 5.41 Å². The quantitative estimate of drug-likeness (QED) is 0.418. The Balaban J connectivity index is 1.02. The van der Waals surface area contributed by atoms with Crippen LogP contribution in [0.1, 0.15) is 41.1 Å². The summed E-state index contributed by atoms with van der Waals surface area (Å²) in [5.41, 5.74) is 5.12. The molecule has 1 spiro atoms. The Bertz CT molecular complexity index is 1590. The number of rotatable bonds is 6. The van der Waals surface area contributed by atoms with E-state index in [-0.39, 0.29) is 16.9 Å². The molecule has 5 heterocycles. The topological polar surface area (TPSA) is 107 Å². The second-order valence-corrected chi connectivity index (χ2v) is 11.7. The van der Waals surface area contributed by atoms with E-state index in [0.29, 0.717) is 28.4 Å². The number of ether oxygens (including phenoxy) is 2. The maximum Gasteiger partial charge on any atom is 0.259 e. The van der Waals surface area contributed by atoms with Crippen molar-refractivity contribution in [1.29, 1.82) is 0 Å². The molecular weight excluding hydrogens is 484 g/mol. The van der Waals surface area contributed by atoms with E-state index in [1.807, 2.05) is 43.5 Å². The van der Waals surface area contributed by atoms with Crippen molar-refractivity contribution in [3.05, 3.63) is 59.7 Å². The second-order valence-electron chi connectivity index (χ2n) is 11.7. The number of amides is 1. The molecule has 9 rings (SSSR count). The van der Waals surface area contributed by atoms with Gasteiger partial charge in [0, 0.05) is 43.3 Å². The molecule has 1 amide bonds. The molecule has 194 valence electrons. The molecule has 0 unspecified atom stereocenters.